The summed E-state index contributed by atoms with van der Waals surface area (Å²) in [5.74, 6) is -0.710. The van der Waals surface area contributed by atoms with Gasteiger partial charge in [-0.2, -0.15) is 4.57 Å². The van der Waals surface area contributed by atoms with Crippen LogP contribution in [0.4, 0.5) is 5.69 Å². The maximum Gasteiger partial charge on any atom is 0.303 e. The Labute approximate surface area is 220 Å². The maximum absolute atomic E-state index is 10.8. The first-order valence-electron chi connectivity index (χ1n) is 11.2. The predicted molar refractivity (Wildman–Crippen MR) is 130 cm³/mol. The molecular formula is C25H27ClN2O6S2. The Kier molecular flexibility index (Phi) is 9.92. The quantitative estimate of drug-likeness (QED) is 0.329. The van der Waals surface area contributed by atoms with E-state index in [0.29, 0.717) is 0 Å². The van der Waals surface area contributed by atoms with Gasteiger partial charge in [0.2, 0.25) is 5.52 Å². The number of aliphatic carboxylic acids is 1. The topological polar surface area (TPSA) is 137 Å². The zero-order valence-corrected chi connectivity index (χ0v) is 22.3. The number of thiazole rings is 1. The number of anilines is 1. The number of fused-ring (bicyclic) bond motifs is 2. The van der Waals surface area contributed by atoms with E-state index >= 15 is 0 Å². The van der Waals surface area contributed by atoms with Crippen molar-refractivity contribution in [3.8, 4) is 0 Å². The average molecular weight is 551 g/mol. The van der Waals surface area contributed by atoms with Crippen molar-refractivity contribution in [1.82, 2.24) is 0 Å². The first-order chi connectivity index (χ1) is 17.0. The smallest absolute Gasteiger partial charge is 0.303 e. The molecule has 192 valence electrons. The number of thioether (sulfide) groups is 1. The van der Waals surface area contributed by atoms with Gasteiger partial charge in [0.1, 0.15) is 11.7 Å². The number of nitrogens with zero attached hydrogens (tertiary/aromatic N) is 2. The Hall–Kier alpha value is -2.44. The molecule has 2 aromatic carbocycles. The van der Waals surface area contributed by atoms with Crippen molar-refractivity contribution >= 4 is 51.0 Å². The summed E-state index contributed by atoms with van der Waals surface area (Å²) in [6.07, 6.45) is 7.42. The minimum Gasteiger partial charge on any atom is -0.481 e. The summed E-state index contributed by atoms with van der Waals surface area (Å²) in [6.45, 7) is 3.06. The second kappa shape index (κ2) is 12.7. The molecule has 1 aliphatic rings. The molecule has 0 bridgehead atoms. The van der Waals surface area contributed by atoms with E-state index in [9.17, 15) is 4.79 Å². The van der Waals surface area contributed by atoms with Crippen LogP contribution >= 0.6 is 23.1 Å². The third-order valence-corrected chi connectivity index (χ3v) is 7.66. The number of hydrogen-bond acceptors (Lipinski definition) is 8. The van der Waals surface area contributed by atoms with E-state index in [0.717, 1.165) is 25.8 Å². The highest BCUT2D eigenvalue weighted by molar-refractivity contribution is 8.03. The molecule has 0 spiro atoms. The fraction of sp³-hybridized carbons (Fsp3) is 0.280. The lowest BCUT2D eigenvalue weighted by molar-refractivity contribution is -2.00. The first-order valence-corrected chi connectivity index (χ1v) is 14.0. The highest BCUT2D eigenvalue weighted by Crippen LogP contribution is 2.46. The molecule has 0 saturated heterocycles. The van der Waals surface area contributed by atoms with Gasteiger partial charge in [-0.15, -0.1) is 10.2 Å². The van der Waals surface area contributed by atoms with Gasteiger partial charge < -0.3 is 10.0 Å². The van der Waals surface area contributed by atoms with Crippen LogP contribution in [-0.4, -0.2) is 17.6 Å². The monoisotopic (exact) mass is 550 g/mol. The fourth-order valence-corrected chi connectivity index (χ4v) is 6.15. The lowest BCUT2D eigenvalue weighted by Crippen LogP contribution is -2.68. The molecule has 3 aromatic rings. The third kappa shape index (κ3) is 8.31. The Morgan fingerprint density at radius 1 is 1.06 bits per heavy atom. The van der Waals surface area contributed by atoms with Crippen molar-refractivity contribution in [3.63, 3.8) is 0 Å². The van der Waals surface area contributed by atoms with Crippen LogP contribution in [0.5, 0.6) is 0 Å². The number of rotatable bonds is 8. The lowest BCUT2D eigenvalue weighted by Gasteiger charge is -2.20. The van der Waals surface area contributed by atoms with Gasteiger partial charge in [0.05, 0.1) is 10.7 Å². The van der Waals surface area contributed by atoms with E-state index in [1.54, 1.807) is 0 Å². The van der Waals surface area contributed by atoms with Crippen LogP contribution in [0.15, 0.2) is 70.1 Å². The normalized spacial score (nSPS) is 14.7. The molecule has 0 radical (unpaired) electrons. The van der Waals surface area contributed by atoms with E-state index in [-0.39, 0.29) is 6.42 Å². The number of allylic oxidation sites excluding steroid dienone is 2. The molecule has 0 aliphatic carbocycles. The average Bonchev–Trinajstić information content (AvgIpc) is 3.29. The summed E-state index contributed by atoms with van der Waals surface area (Å²) < 4.78 is 37.5. The molecule has 1 N–H and O–H groups in total. The van der Waals surface area contributed by atoms with Crippen LogP contribution in [0.2, 0.25) is 0 Å². The van der Waals surface area contributed by atoms with Gasteiger partial charge in [-0.1, -0.05) is 53.8 Å². The summed E-state index contributed by atoms with van der Waals surface area (Å²) in [5.41, 5.74) is 3.72. The van der Waals surface area contributed by atoms with Crippen LogP contribution in [0.1, 0.15) is 37.6 Å². The van der Waals surface area contributed by atoms with Crippen molar-refractivity contribution in [2.24, 2.45) is 7.05 Å². The number of aromatic nitrogens is 1. The van der Waals surface area contributed by atoms with Crippen LogP contribution in [-0.2, 0) is 11.8 Å². The van der Waals surface area contributed by atoms with E-state index in [1.807, 2.05) is 23.1 Å². The Morgan fingerprint density at radius 2 is 1.72 bits per heavy atom. The van der Waals surface area contributed by atoms with Crippen molar-refractivity contribution in [2.45, 2.75) is 37.5 Å². The second-order valence-corrected chi connectivity index (χ2v) is 11.0. The number of unbranched alkanes of at least 4 members (excludes halogenated alkanes) is 2. The van der Waals surface area contributed by atoms with E-state index in [2.05, 4.69) is 84.1 Å². The SMILES string of the molecule is CC(/C=C1\Sc2ccccc2N1CCCCCC(=O)O)=C\c1sc2ccccc2[n+]1C.[O-][Cl+3]([O-])([O-])[O-]. The van der Waals surface area contributed by atoms with Gasteiger partial charge in [0, 0.05) is 30.0 Å². The third-order valence-electron chi connectivity index (χ3n) is 5.38. The minimum atomic E-state index is -4.94. The highest BCUT2D eigenvalue weighted by Gasteiger charge is 2.24. The van der Waals surface area contributed by atoms with Crippen molar-refractivity contribution in [2.75, 3.05) is 11.4 Å². The largest absolute Gasteiger partial charge is 0.481 e. The summed E-state index contributed by atoms with van der Waals surface area (Å²) in [7, 11) is -2.82. The minimum absolute atomic E-state index is 0.252. The molecule has 8 nitrogen and oxygen atoms in total. The van der Waals surface area contributed by atoms with Crippen molar-refractivity contribution in [3.05, 3.63) is 70.2 Å². The molecule has 36 heavy (non-hydrogen) atoms. The molecule has 0 atom stereocenters. The Morgan fingerprint density at radius 3 is 2.42 bits per heavy atom. The van der Waals surface area contributed by atoms with Gasteiger partial charge in [0.25, 0.3) is 5.01 Å². The number of carboxylic acid groups (broad SMARTS) is 1. The predicted octanol–water partition coefficient (Wildman–Crippen LogP) is 1.47. The van der Waals surface area contributed by atoms with Crippen LogP contribution in [0, 0.1) is 10.2 Å². The van der Waals surface area contributed by atoms with E-state index in [1.165, 1.54) is 36.4 Å². The van der Waals surface area contributed by atoms with Gasteiger partial charge >= 0.3 is 5.97 Å². The van der Waals surface area contributed by atoms with Gasteiger partial charge in [0.15, 0.2) is 0 Å². The maximum atomic E-state index is 10.8. The molecule has 0 saturated carbocycles. The number of hydrogen-bond donors (Lipinski definition) is 1. The Balaban J connectivity index is 0.000000658. The molecule has 0 unspecified atom stereocenters. The second-order valence-electron chi connectivity index (χ2n) is 8.14. The fourth-order valence-electron chi connectivity index (χ4n) is 3.79. The summed E-state index contributed by atoms with van der Waals surface area (Å²) in [4.78, 5) is 14.4. The van der Waals surface area contributed by atoms with Gasteiger partial charge in [-0.05, 0) is 49.6 Å². The van der Waals surface area contributed by atoms with Crippen LogP contribution < -0.4 is 28.1 Å². The molecule has 2 heterocycles. The lowest BCUT2D eigenvalue weighted by atomic mass is 10.2. The molecular weight excluding hydrogens is 524 g/mol. The van der Waals surface area contributed by atoms with Crippen molar-refractivity contribution < 1.29 is 43.3 Å². The number of aryl methyl sites for hydroxylation is 1. The van der Waals surface area contributed by atoms with E-state index < -0.39 is 16.2 Å². The number of para-hydroxylation sites is 2. The van der Waals surface area contributed by atoms with Crippen molar-refractivity contribution in [1.29, 1.82) is 0 Å². The standard InChI is InChI=1S/C25H26N2O2S2.ClHO4/c1-18(16-23-26(2)19-10-5-7-12-21(19)30-23)17-24-27(15-9-3-4-14-25(28)29)20-11-6-8-13-22(20)31-24;2-1(3,4)5/h5-8,10-13,16-17H,3-4,9,14-15H2,1-2H3;(H,2,3,4,5). The van der Waals surface area contributed by atoms with Crippen LogP contribution in [0.25, 0.3) is 16.3 Å². The Bertz CT molecular complexity index is 1260. The number of benzene rings is 2. The van der Waals surface area contributed by atoms with Crippen LogP contribution in [0.3, 0.4) is 0 Å². The molecule has 1 aliphatic heterocycles. The zero-order chi connectivity index (χ0) is 26.3. The molecule has 11 heteroatoms. The van der Waals surface area contributed by atoms with E-state index in [4.69, 9.17) is 23.7 Å². The first kappa shape index (κ1) is 28.1. The summed E-state index contributed by atoms with van der Waals surface area (Å²) in [5, 5.41) is 11.3. The van der Waals surface area contributed by atoms with Gasteiger partial charge in [-0.25, -0.2) is 18.6 Å². The number of halogens is 1. The summed E-state index contributed by atoms with van der Waals surface area (Å²) in [6, 6.07) is 17.0. The van der Waals surface area contributed by atoms with Gasteiger partial charge in [-0.3, -0.25) is 4.79 Å². The molecule has 1 aromatic heterocycles. The zero-order valence-electron chi connectivity index (χ0n) is 19.9. The molecule has 0 amide bonds. The molecule has 0 fully saturated rings. The number of carboxylic acids is 1. The number of carbonyl (C=O) groups is 1. The highest BCUT2D eigenvalue weighted by atomic mass is 35.7. The summed E-state index contributed by atoms with van der Waals surface area (Å²) >= 11 is 3.62. The molecule has 4 rings (SSSR count).